The number of rotatable bonds is 7. The molecule has 0 radical (unpaired) electrons. The standard InChI is InChI=1S/C29H31ClN2O3/c1-21-7-6-10-23(17-21)29(34)32-16-15-27(35-26-13-11-25(30)12-14-26)24(20-32)18-28(33)31(2)19-22-8-4-3-5-9-22/h3-14,17,24,27H,15-16,18-20H2,1-2H3/t24-,27-/m0/s1. The fraction of sp³-hybridized carbons (Fsp3) is 0.310. The van der Waals surface area contributed by atoms with Gasteiger partial charge in [0.2, 0.25) is 5.91 Å². The van der Waals surface area contributed by atoms with Gasteiger partial charge in [0, 0.05) is 56.0 Å². The van der Waals surface area contributed by atoms with Crippen LogP contribution in [-0.4, -0.2) is 47.9 Å². The van der Waals surface area contributed by atoms with E-state index in [0.29, 0.717) is 48.8 Å². The van der Waals surface area contributed by atoms with Crippen LogP contribution in [0.4, 0.5) is 0 Å². The lowest BCUT2D eigenvalue weighted by Gasteiger charge is -2.39. The molecule has 0 aromatic heterocycles. The van der Waals surface area contributed by atoms with Gasteiger partial charge in [0.1, 0.15) is 11.9 Å². The minimum atomic E-state index is -0.174. The maximum absolute atomic E-state index is 13.2. The molecular weight excluding hydrogens is 460 g/mol. The van der Waals surface area contributed by atoms with E-state index >= 15 is 0 Å². The van der Waals surface area contributed by atoms with Crippen LogP contribution in [0.2, 0.25) is 5.02 Å². The molecular formula is C29H31ClN2O3. The van der Waals surface area contributed by atoms with E-state index in [1.54, 1.807) is 17.0 Å². The summed E-state index contributed by atoms with van der Waals surface area (Å²) < 4.78 is 6.31. The fourth-order valence-corrected chi connectivity index (χ4v) is 4.65. The van der Waals surface area contributed by atoms with Crippen molar-refractivity contribution in [1.29, 1.82) is 0 Å². The molecule has 6 heteroatoms. The van der Waals surface area contributed by atoms with Crippen molar-refractivity contribution < 1.29 is 14.3 Å². The summed E-state index contributed by atoms with van der Waals surface area (Å²) in [7, 11) is 1.82. The summed E-state index contributed by atoms with van der Waals surface area (Å²) in [6.07, 6.45) is 0.784. The molecule has 0 spiro atoms. The van der Waals surface area contributed by atoms with Crippen LogP contribution >= 0.6 is 11.6 Å². The summed E-state index contributed by atoms with van der Waals surface area (Å²) in [4.78, 5) is 30.0. The fourth-order valence-electron chi connectivity index (χ4n) is 4.52. The highest BCUT2D eigenvalue weighted by Gasteiger charge is 2.35. The predicted octanol–water partition coefficient (Wildman–Crippen LogP) is 5.61. The molecule has 0 bridgehead atoms. The third kappa shape index (κ3) is 6.64. The van der Waals surface area contributed by atoms with E-state index < -0.39 is 0 Å². The Hall–Kier alpha value is -3.31. The van der Waals surface area contributed by atoms with Crippen molar-refractivity contribution in [3.8, 4) is 5.75 Å². The van der Waals surface area contributed by atoms with Crippen LogP contribution in [0.1, 0.15) is 34.3 Å². The number of piperidine rings is 1. The minimum absolute atomic E-state index is 0.00580. The molecule has 5 nitrogen and oxygen atoms in total. The molecule has 1 aliphatic heterocycles. The molecule has 2 atom stereocenters. The van der Waals surface area contributed by atoms with Crippen molar-refractivity contribution in [3.05, 3.63) is 101 Å². The van der Waals surface area contributed by atoms with Crippen LogP contribution in [0, 0.1) is 12.8 Å². The number of benzene rings is 3. The molecule has 4 rings (SSSR count). The third-order valence-electron chi connectivity index (χ3n) is 6.44. The van der Waals surface area contributed by atoms with Gasteiger partial charge < -0.3 is 14.5 Å². The third-order valence-corrected chi connectivity index (χ3v) is 6.69. The van der Waals surface area contributed by atoms with E-state index in [0.717, 1.165) is 11.1 Å². The number of hydrogen-bond acceptors (Lipinski definition) is 3. The first-order chi connectivity index (χ1) is 16.9. The van der Waals surface area contributed by atoms with Gasteiger partial charge in [0.25, 0.3) is 5.91 Å². The monoisotopic (exact) mass is 490 g/mol. The maximum atomic E-state index is 13.2. The van der Waals surface area contributed by atoms with Crippen molar-refractivity contribution in [2.75, 3.05) is 20.1 Å². The zero-order valence-electron chi connectivity index (χ0n) is 20.2. The predicted molar refractivity (Wildman–Crippen MR) is 139 cm³/mol. The molecule has 1 aliphatic rings. The zero-order chi connectivity index (χ0) is 24.8. The van der Waals surface area contributed by atoms with Crippen LogP contribution < -0.4 is 4.74 Å². The molecule has 3 aromatic rings. The average Bonchev–Trinajstić information content (AvgIpc) is 2.86. The molecule has 1 heterocycles. The van der Waals surface area contributed by atoms with Crippen molar-refractivity contribution in [2.24, 2.45) is 5.92 Å². The van der Waals surface area contributed by atoms with Crippen LogP contribution in [0.3, 0.4) is 0 Å². The number of carbonyl (C=O) groups is 2. The number of ether oxygens (including phenoxy) is 1. The lowest BCUT2D eigenvalue weighted by molar-refractivity contribution is -0.132. The second kappa shape index (κ2) is 11.4. The Labute approximate surface area is 212 Å². The number of hydrogen-bond donors (Lipinski definition) is 0. The van der Waals surface area contributed by atoms with Gasteiger partial charge in [-0.2, -0.15) is 0 Å². The van der Waals surface area contributed by atoms with E-state index in [4.69, 9.17) is 16.3 Å². The van der Waals surface area contributed by atoms with Crippen LogP contribution in [0.5, 0.6) is 5.75 Å². The normalized spacial score (nSPS) is 17.6. The van der Waals surface area contributed by atoms with Gasteiger partial charge in [-0.25, -0.2) is 0 Å². The highest BCUT2D eigenvalue weighted by atomic mass is 35.5. The van der Waals surface area contributed by atoms with Gasteiger partial charge in [0.15, 0.2) is 0 Å². The van der Waals surface area contributed by atoms with Crippen molar-refractivity contribution in [2.45, 2.75) is 32.4 Å². The minimum Gasteiger partial charge on any atom is -0.490 e. The Bertz CT molecular complexity index is 1150. The smallest absolute Gasteiger partial charge is 0.253 e. The number of halogens is 1. The Kier molecular flexibility index (Phi) is 8.09. The summed E-state index contributed by atoms with van der Waals surface area (Å²) in [5.74, 6) is 0.619. The number of aryl methyl sites for hydroxylation is 1. The Morgan fingerprint density at radius 1 is 1.03 bits per heavy atom. The van der Waals surface area contributed by atoms with Gasteiger partial charge in [-0.15, -0.1) is 0 Å². The second-order valence-electron chi connectivity index (χ2n) is 9.22. The zero-order valence-corrected chi connectivity index (χ0v) is 20.9. The molecule has 0 aliphatic carbocycles. The van der Waals surface area contributed by atoms with Crippen molar-refractivity contribution >= 4 is 23.4 Å². The number of likely N-dealkylation sites (tertiary alicyclic amines) is 1. The lowest BCUT2D eigenvalue weighted by atomic mass is 9.90. The maximum Gasteiger partial charge on any atom is 0.253 e. The lowest BCUT2D eigenvalue weighted by Crippen LogP contribution is -2.49. The van der Waals surface area contributed by atoms with E-state index in [1.165, 1.54) is 0 Å². The average molecular weight is 491 g/mol. The van der Waals surface area contributed by atoms with Crippen molar-refractivity contribution in [1.82, 2.24) is 9.80 Å². The molecule has 35 heavy (non-hydrogen) atoms. The first-order valence-electron chi connectivity index (χ1n) is 11.9. The number of carbonyl (C=O) groups excluding carboxylic acids is 2. The summed E-state index contributed by atoms with van der Waals surface area (Å²) in [5, 5.41) is 0.644. The SMILES string of the molecule is Cc1cccc(C(=O)N2CC[C@H](Oc3ccc(Cl)cc3)[C@@H](CC(=O)N(C)Cc3ccccc3)C2)c1. The molecule has 2 amide bonds. The quantitative estimate of drug-likeness (QED) is 0.432. The number of nitrogens with zero attached hydrogens (tertiary/aromatic N) is 2. The van der Waals surface area contributed by atoms with Crippen molar-refractivity contribution in [3.63, 3.8) is 0 Å². The van der Waals surface area contributed by atoms with E-state index in [9.17, 15) is 9.59 Å². The molecule has 182 valence electrons. The molecule has 3 aromatic carbocycles. The van der Waals surface area contributed by atoms with Crippen LogP contribution in [-0.2, 0) is 11.3 Å². The van der Waals surface area contributed by atoms with Gasteiger partial charge in [-0.1, -0.05) is 59.6 Å². The summed E-state index contributed by atoms with van der Waals surface area (Å²) in [6.45, 7) is 3.57. The topological polar surface area (TPSA) is 49.9 Å². The van der Waals surface area contributed by atoms with Gasteiger partial charge in [-0.05, 0) is 48.9 Å². The van der Waals surface area contributed by atoms with Gasteiger partial charge in [0.05, 0.1) is 0 Å². The molecule has 0 unspecified atom stereocenters. The molecule has 0 saturated carbocycles. The number of amides is 2. The van der Waals surface area contributed by atoms with Gasteiger partial charge in [-0.3, -0.25) is 9.59 Å². The second-order valence-corrected chi connectivity index (χ2v) is 9.66. The Balaban J connectivity index is 1.49. The first-order valence-corrected chi connectivity index (χ1v) is 12.3. The summed E-state index contributed by atoms with van der Waals surface area (Å²) >= 11 is 6.03. The van der Waals surface area contributed by atoms with E-state index in [-0.39, 0.29) is 23.8 Å². The summed E-state index contributed by atoms with van der Waals surface area (Å²) in [5.41, 5.74) is 2.80. The largest absolute Gasteiger partial charge is 0.490 e. The highest BCUT2D eigenvalue weighted by Crippen LogP contribution is 2.28. The van der Waals surface area contributed by atoms with Crippen LogP contribution in [0.15, 0.2) is 78.9 Å². The molecule has 0 N–H and O–H groups in total. The van der Waals surface area contributed by atoms with Crippen LogP contribution in [0.25, 0.3) is 0 Å². The van der Waals surface area contributed by atoms with E-state index in [1.807, 2.05) is 85.6 Å². The summed E-state index contributed by atoms with van der Waals surface area (Å²) in [6, 6.07) is 24.8. The highest BCUT2D eigenvalue weighted by molar-refractivity contribution is 6.30. The Morgan fingerprint density at radius 3 is 2.49 bits per heavy atom. The first kappa shape index (κ1) is 24.8. The van der Waals surface area contributed by atoms with E-state index in [2.05, 4.69) is 0 Å². The molecule has 1 saturated heterocycles. The van der Waals surface area contributed by atoms with Gasteiger partial charge >= 0.3 is 0 Å². The molecule has 1 fully saturated rings. The Morgan fingerprint density at radius 2 is 1.77 bits per heavy atom.